The summed E-state index contributed by atoms with van der Waals surface area (Å²) in [5.74, 6) is 0. The number of hydrogen-bond acceptors (Lipinski definition) is 2. The van der Waals surface area contributed by atoms with Gasteiger partial charge in [0.1, 0.15) is 0 Å². The van der Waals surface area contributed by atoms with Crippen LogP contribution in [-0.4, -0.2) is 31.2 Å². The van der Waals surface area contributed by atoms with E-state index in [2.05, 4.69) is 0 Å². The number of alkyl halides is 3. The fraction of sp³-hybridized carbons (Fsp3) is 0.538. The average Bonchev–Trinajstić information content (AvgIpc) is 2.36. The second-order valence-corrected chi connectivity index (χ2v) is 5.49. The van der Waals surface area contributed by atoms with Crippen LogP contribution in [0.2, 0.25) is 10.0 Å². The molecule has 0 saturated carbocycles. The molecule has 0 bridgehead atoms. The minimum atomic E-state index is -4.13. The van der Waals surface area contributed by atoms with E-state index >= 15 is 0 Å². The van der Waals surface area contributed by atoms with E-state index in [0.717, 1.165) is 0 Å². The zero-order valence-electron chi connectivity index (χ0n) is 11.1. The molecule has 2 N–H and O–H groups in total. The van der Waals surface area contributed by atoms with Crippen molar-refractivity contribution in [3.8, 4) is 0 Å². The summed E-state index contributed by atoms with van der Waals surface area (Å²) in [5, 5.41) is 0.824. The molecule has 1 aromatic rings. The Labute approximate surface area is 126 Å². The molecule has 114 valence electrons. The maximum atomic E-state index is 12.1. The van der Waals surface area contributed by atoms with Crippen molar-refractivity contribution in [2.75, 3.05) is 20.1 Å². The molecule has 0 aliphatic rings. The van der Waals surface area contributed by atoms with E-state index in [1.807, 2.05) is 0 Å². The molecule has 0 heterocycles. The molecule has 0 fully saturated rings. The average molecular weight is 329 g/mol. The van der Waals surface area contributed by atoms with Crippen molar-refractivity contribution < 1.29 is 13.2 Å². The van der Waals surface area contributed by atoms with Gasteiger partial charge in [0.15, 0.2) is 0 Å². The molecule has 2 nitrogen and oxygen atoms in total. The number of halogens is 5. The minimum absolute atomic E-state index is 0.0422. The summed E-state index contributed by atoms with van der Waals surface area (Å²) in [5.41, 5.74) is 6.71. The number of hydrogen-bond donors (Lipinski definition) is 1. The molecule has 0 spiro atoms. The van der Waals surface area contributed by atoms with Crippen LogP contribution in [0.1, 0.15) is 24.4 Å². The second kappa shape index (κ2) is 7.50. The minimum Gasteiger partial charge on any atom is -0.324 e. The maximum absolute atomic E-state index is 12.1. The SMILES string of the molecule is CN(CCC(N)c1cccc(Cl)c1Cl)CCC(F)(F)F. The number of nitrogens with zero attached hydrogens (tertiary/aromatic N) is 1. The van der Waals surface area contributed by atoms with Crippen LogP contribution in [0, 0.1) is 0 Å². The molecule has 1 atom stereocenters. The van der Waals surface area contributed by atoms with Gasteiger partial charge in [-0.15, -0.1) is 0 Å². The smallest absolute Gasteiger partial charge is 0.324 e. The number of nitrogens with two attached hydrogens (primary N) is 1. The topological polar surface area (TPSA) is 29.3 Å². The summed E-state index contributed by atoms with van der Waals surface area (Å²) < 4.78 is 36.3. The van der Waals surface area contributed by atoms with E-state index in [4.69, 9.17) is 28.9 Å². The van der Waals surface area contributed by atoms with Crippen LogP contribution in [0.15, 0.2) is 18.2 Å². The predicted octanol–water partition coefficient (Wildman–Crippen LogP) is 4.27. The van der Waals surface area contributed by atoms with Gasteiger partial charge in [0.05, 0.1) is 16.5 Å². The van der Waals surface area contributed by atoms with Crippen molar-refractivity contribution in [1.82, 2.24) is 4.90 Å². The standard InChI is InChI=1S/C13H17Cl2F3N2/c1-20(8-6-13(16,17)18)7-5-11(19)9-3-2-4-10(14)12(9)15/h2-4,11H,5-8,19H2,1H3. The first kappa shape index (κ1) is 17.6. The molecule has 1 rings (SSSR count). The second-order valence-electron chi connectivity index (χ2n) is 4.71. The van der Waals surface area contributed by atoms with Gasteiger partial charge in [-0.05, 0) is 31.6 Å². The Morgan fingerprint density at radius 3 is 2.50 bits per heavy atom. The lowest BCUT2D eigenvalue weighted by molar-refractivity contribution is -0.137. The lowest BCUT2D eigenvalue weighted by atomic mass is 10.0. The molecule has 0 aliphatic heterocycles. The predicted molar refractivity (Wildman–Crippen MR) is 76.2 cm³/mol. The molecule has 20 heavy (non-hydrogen) atoms. The van der Waals surface area contributed by atoms with Crippen molar-refractivity contribution in [2.24, 2.45) is 5.73 Å². The van der Waals surface area contributed by atoms with Crippen LogP contribution in [0.5, 0.6) is 0 Å². The van der Waals surface area contributed by atoms with Crippen molar-refractivity contribution in [2.45, 2.75) is 25.1 Å². The Morgan fingerprint density at radius 1 is 1.25 bits per heavy atom. The monoisotopic (exact) mass is 328 g/mol. The molecule has 0 radical (unpaired) electrons. The summed E-state index contributed by atoms with van der Waals surface area (Å²) >= 11 is 11.9. The molecule has 1 aromatic carbocycles. The lowest BCUT2D eigenvalue weighted by Crippen LogP contribution is -2.27. The summed E-state index contributed by atoms with van der Waals surface area (Å²) in [4.78, 5) is 1.60. The Hall–Kier alpha value is -0.490. The van der Waals surface area contributed by atoms with E-state index < -0.39 is 12.6 Å². The van der Waals surface area contributed by atoms with Gasteiger partial charge >= 0.3 is 6.18 Å². The molecule has 7 heteroatoms. The Morgan fingerprint density at radius 2 is 1.90 bits per heavy atom. The summed E-state index contributed by atoms with van der Waals surface area (Å²) in [6, 6.07) is 4.83. The summed E-state index contributed by atoms with van der Waals surface area (Å²) in [7, 11) is 1.64. The van der Waals surface area contributed by atoms with E-state index in [1.54, 1.807) is 30.1 Å². The maximum Gasteiger partial charge on any atom is 0.390 e. The van der Waals surface area contributed by atoms with Crippen LogP contribution >= 0.6 is 23.2 Å². The summed E-state index contributed by atoms with van der Waals surface area (Å²) in [6.07, 6.45) is -4.45. The first-order valence-electron chi connectivity index (χ1n) is 6.15. The van der Waals surface area contributed by atoms with Gasteiger partial charge in [-0.3, -0.25) is 0 Å². The highest BCUT2D eigenvalue weighted by Gasteiger charge is 2.27. The first-order valence-corrected chi connectivity index (χ1v) is 6.91. The van der Waals surface area contributed by atoms with Crippen molar-refractivity contribution >= 4 is 23.2 Å². The molecule has 0 aliphatic carbocycles. The third-order valence-electron chi connectivity index (χ3n) is 2.98. The molecule has 0 amide bonds. The van der Waals surface area contributed by atoms with Crippen LogP contribution < -0.4 is 5.73 Å². The van der Waals surface area contributed by atoms with E-state index in [-0.39, 0.29) is 12.6 Å². The number of benzene rings is 1. The third kappa shape index (κ3) is 5.87. The van der Waals surface area contributed by atoms with Gasteiger partial charge in [-0.2, -0.15) is 13.2 Å². The largest absolute Gasteiger partial charge is 0.390 e. The van der Waals surface area contributed by atoms with Crippen LogP contribution in [0.3, 0.4) is 0 Å². The van der Waals surface area contributed by atoms with E-state index in [0.29, 0.717) is 28.6 Å². The van der Waals surface area contributed by atoms with Crippen molar-refractivity contribution in [3.05, 3.63) is 33.8 Å². The normalized spacial score (nSPS) is 13.8. The van der Waals surface area contributed by atoms with Crippen molar-refractivity contribution in [3.63, 3.8) is 0 Å². The molecular weight excluding hydrogens is 312 g/mol. The van der Waals surface area contributed by atoms with Gasteiger partial charge in [-0.1, -0.05) is 35.3 Å². The fourth-order valence-corrected chi connectivity index (χ4v) is 2.20. The highest BCUT2D eigenvalue weighted by atomic mass is 35.5. The van der Waals surface area contributed by atoms with Gasteiger partial charge < -0.3 is 10.6 Å². The van der Waals surface area contributed by atoms with Gasteiger partial charge in [-0.25, -0.2) is 0 Å². The van der Waals surface area contributed by atoms with Gasteiger partial charge in [0.25, 0.3) is 0 Å². The quantitative estimate of drug-likeness (QED) is 0.845. The van der Waals surface area contributed by atoms with Gasteiger partial charge in [0.2, 0.25) is 0 Å². The summed E-state index contributed by atoms with van der Waals surface area (Å²) in [6.45, 7) is 0.416. The molecular formula is C13H17Cl2F3N2. The van der Waals surface area contributed by atoms with Crippen molar-refractivity contribution in [1.29, 1.82) is 0 Å². The Bertz CT molecular complexity index is 438. The lowest BCUT2D eigenvalue weighted by Gasteiger charge is -2.21. The van der Waals surface area contributed by atoms with Crippen LogP contribution in [-0.2, 0) is 0 Å². The van der Waals surface area contributed by atoms with Gasteiger partial charge in [0, 0.05) is 12.6 Å². The number of rotatable bonds is 6. The fourth-order valence-electron chi connectivity index (χ4n) is 1.75. The zero-order chi connectivity index (χ0) is 15.3. The molecule has 0 aromatic heterocycles. The third-order valence-corrected chi connectivity index (χ3v) is 3.81. The Balaban J connectivity index is 2.47. The highest BCUT2D eigenvalue weighted by Crippen LogP contribution is 2.30. The highest BCUT2D eigenvalue weighted by molar-refractivity contribution is 6.42. The van der Waals surface area contributed by atoms with E-state index in [9.17, 15) is 13.2 Å². The zero-order valence-corrected chi connectivity index (χ0v) is 12.6. The Kier molecular flexibility index (Phi) is 6.58. The molecule has 0 saturated heterocycles. The molecule has 1 unspecified atom stereocenters. The van der Waals surface area contributed by atoms with Crippen LogP contribution in [0.25, 0.3) is 0 Å². The van der Waals surface area contributed by atoms with E-state index in [1.165, 1.54) is 0 Å². The first-order chi connectivity index (χ1) is 9.20. The van der Waals surface area contributed by atoms with Crippen LogP contribution in [0.4, 0.5) is 13.2 Å².